The van der Waals surface area contributed by atoms with Crippen molar-refractivity contribution in [3.63, 3.8) is 0 Å². The zero-order valence-electron chi connectivity index (χ0n) is 11.3. The van der Waals surface area contributed by atoms with Crippen LogP contribution in [0.25, 0.3) is 10.8 Å². The van der Waals surface area contributed by atoms with Gasteiger partial charge in [-0.25, -0.2) is 0 Å². The number of ether oxygens (including phenoxy) is 1. The number of carbonyl (C=O) groups is 1. The van der Waals surface area contributed by atoms with E-state index in [9.17, 15) is 4.79 Å². The van der Waals surface area contributed by atoms with Crippen LogP contribution in [0.1, 0.15) is 13.3 Å². The predicted molar refractivity (Wildman–Crippen MR) is 88.7 cm³/mol. The molecule has 0 atom stereocenters. The highest BCUT2D eigenvalue weighted by Gasteiger charge is 2.31. The van der Waals surface area contributed by atoms with E-state index in [1.54, 1.807) is 12.1 Å². The largest absolute Gasteiger partial charge is 0.493 e. The minimum absolute atomic E-state index is 0.575. The summed E-state index contributed by atoms with van der Waals surface area (Å²) >= 11 is 16.7. The van der Waals surface area contributed by atoms with Crippen LogP contribution in [0.2, 0.25) is 0 Å². The van der Waals surface area contributed by atoms with Gasteiger partial charge in [-0.3, -0.25) is 4.79 Å². The van der Waals surface area contributed by atoms with Crippen molar-refractivity contribution in [1.82, 2.24) is 0 Å². The molecule has 0 bridgehead atoms. The van der Waals surface area contributed by atoms with Crippen LogP contribution >= 0.6 is 34.8 Å². The first kappa shape index (κ1) is 16.2. The Bertz CT molecular complexity index is 653. The van der Waals surface area contributed by atoms with E-state index in [0.29, 0.717) is 12.3 Å². The fourth-order valence-electron chi connectivity index (χ4n) is 1.91. The molecule has 2 aromatic carbocycles. The molecule has 0 heterocycles. The van der Waals surface area contributed by atoms with Gasteiger partial charge >= 0.3 is 0 Å². The molecule has 2 rings (SSSR count). The van der Waals surface area contributed by atoms with E-state index in [0.717, 1.165) is 22.9 Å². The Kier molecular flexibility index (Phi) is 5.20. The Balaban J connectivity index is 2.40. The smallest absolute Gasteiger partial charge is 0.276 e. The van der Waals surface area contributed by atoms with Crippen molar-refractivity contribution in [1.29, 1.82) is 0 Å². The summed E-state index contributed by atoms with van der Waals surface area (Å²) in [6.07, 6.45) is 0.917. The van der Waals surface area contributed by atoms with Gasteiger partial charge in [0.1, 0.15) is 5.75 Å². The minimum Gasteiger partial charge on any atom is -0.493 e. The van der Waals surface area contributed by atoms with Crippen molar-refractivity contribution in [2.75, 3.05) is 11.9 Å². The van der Waals surface area contributed by atoms with Crippen molar-refractivity contribution in [3.05, 3.63) is 36.4 Å². The normalized spacial score (nSPS) is 11.4. The Labute approximate surface area is 138 Å². The lowest BCUT2D eigenvalue weighted by Crippen LogP contribution is -2.27. The Hall–Kier alpha value is -1.16. The summed E-state index contributed by atoms with van der Waals surface area (Å²) in [5.74, 6) is 0.0687. The van der Waals surface area contributed by atoms with E-state index in [4.69, 9.17) is 39.5 Å². The van der Waals surface area contributed by atoms with Gasteiger partial charge in [0, 0.05) is 16.5 Å². The van der Waals surface area contributed by atoms with Crippen molar-refractivity contribution >= 4 is 57.2 Å². The number of hydrogen-bond acceptors (Lipinski definition) is 2. The highest BCUT2D eigenvalue weighted by Crippen LogP contribution is 2.34. The number of benzene rings is 2. The molecule has 0 aliphatic heterocycles. The molecule has 0 unspecified atom stereocenters. The summed E-state index contributed by atoms with van der Waals surface area (Å²) in [5, 5.41) is 4.34. The zero-order chi connectivity index (χ0) is 15.5. The van der Waals surface area contributed by atoms with Crippen molar-refractivity contribution in [3.8, 4) is 5.75 Å². The second kappa shape index (κ2) is 6.73. The first-order chi connectivity index (χ1) is 9.93. The van der Waals surface area contributed by atoms with Crippen molar-refractivity contribution < 1.29 is 9.53 Å². The third-order valence-corrected chi connectivity index (χ3v) is 3.37. The monoisotopic (exact) mass is 345 g/mol. The maximum Gasteiger partial charge on any atom is 0.276 e. The molecular formula is C15H14Cl3NO2. The van der Waals surface area contributed by atoms with Crippen LogP contribution in [-0.2, 0) is 4.79 Å². The molecule has 6 heteroatoms. The number of hydrogen-bond donors (Lipinski definition) is 1. The fraction of sp³-hybridized carbons (Fsp3) is 0.267. The van der Waals surface area contributed by atoms with Crippen LogP contribution in [0.4, 0.5) is 5.69 Å². The highest BCUT2D eigenvalue weighted by atomic mass is 35.6. The second-order valence-electron chi connectivity index (χ2n) is 4.46. The molecule has 0 radical (unpaired) electrons. The number of nitrogens with one attached hydrogen (secondary N) is 1. The molecule has 0 saturated carbocycles. The number of halogens is 3. The molecule has 0 aliphatic carbocycles. The number of alkyl halides is 3. The first-order valence-electron chi connectivity index (χ1n) is 6.46. The molecule has 2 aromatic rings. The van der Waals surface area contributed by atoms with E-state index in [2.05, 4.69) is 5.32 Å². The van der Waals surface area contributed by atoms with Gasteiger partial charge < -0.3 is 10.1 Å². The summed E-state index contributed by atoms with van der Waals surface area (Å²) in [7, 11) is 0. The standard InChI is InChI=1S/C15H14Cl3NO2/c1-2-9-21-13-8-7-12(19-14(20)15(16,17)18)10-5-3-4-6-11(10)13/h3-8H,2,9H2,1H3,(H,19,20). The topological polar surface area (TPSA) is 38.3 Å². The lowest BCUT2D eigenvalue weighted by atomic mass is 10.1. The van der Waals surface area contributed by atoms with Crippen molar-refractivity contribution in [2.45, 2.75) is 17.1 Å². The van der Waals surface area contributed by atoms with Gasteiger partial charge in [0.05, 0.1) is 6.61 Å². The quantitative estimate of drug-likeness (QED) is 0.797. The Morgan fingerprint density at radius 1 is 1.14 bits per heavy atom. The molecular weight excluding hydrogens is 333 g/mol. The number of fused-ring (bicyclic) bond motifs is 1. The average Bonchev–Trinajstić information content (AvgIpc) is 2.45. The van der Waals surface area contributed by atoms with Gasteiger partial charge in [-0.1, -0.05) is 66.0 Å². The van der Waals surface area contributed by atoms with Crippen LogP contribution in [-0.4, -0.2) is 16.3 Å². The summed E-state index contributed by atoms with van der Waals surface area (Å²) in [4.78, 5) is 11.8. The molecule has 0 aliphatic rings. The molecule has 0 fully saturated rings. The Morgan fingerprint density at radius 2 is 1.81 bits per heavy atom. The molecule has 0 saturated heterocycles. The van der Waals surface area contributed by atoms with Crippen LogP contribution in [0.3, 0.4) is 0 Å². The molecule has 112 valence electrons. The fourth-order valence-corrected chi connectivity index (χ4v) is 2.05. The molecule has 3 nitrogen and oxygen atoms in total. The van der Waals surface area contributed by atoms with Gasteiger partial charge in [0.2, 0.25) is 0 Å². The summed E-state index contributed by atoms with van der Waals surface area (Å²) in [5.41, 5.74) is 0.575. The number of amides is 1. The lowest BCUT2D eigenvalue weighted by molar-refractivity contribution is -0.115. The van der Waals surface area contributed by atoms with Gasteiger partial charge in [-0.15, -0.1) is 0 Å². The molecule has 1 N–H and O–H groups in total. The molecule has 21 heavy (non-hydrogen) atoms. The van der Waals surface area contributed by atoms with Crippen LogP contribution in [0, 0.1) is 0 Å². The van der Waals surface area contributed by atoms with Gasteiger partial charge in [-0.05, 0) is 18.6 Å². The van der Waals surface area contributed by atoms with Crippen LogP contribution in [0.15, 0.2) is 36.4 Å². The maximum atomic E-state index is 11.8. The molecule has 1 amide bonds. The van der Waals surface area contributed by atoms with Crippen LogP contribution in [0.5, 0.6) is 5.75 Å². The summed E-state index contributed by atoms with van der Waals surface area (Å²) < 4.78 is 3.70. The third-order valence-electron chi connectivity index (χ3n) is 2.85. The van der Waals surface area contributed by atoms with Crippen molar-refractivity contribution in [2.24, 2.45) is 0 Å². The van der Waals surface area contributed by atoms with Gasteiger partial charge in [0.15, 0.2) is 0 Å². The number of carbonyl (C=O) groups excluding carboxylic acids is 1. The third kappa shape index (κ3) is 3.94. The van der Waals surface area contributed by atoms with E-state index in [-0.39, 0.29) is 0 Å². The minimum atomic E-state index is -2.00. The van der Waals surface area contributed by atoms with E-state index < -0.39 is 9.70 Å². The SMILES string of the molecule is CCCOc1ccc(NC(=O)C(Cl)(Cl)Cl)c2ccccc12. The van der Waals surface area contributed by atoms with E-state index >= 15 is 0 Å². The van der Waals surface area contributed by atoms with Gasteiger partial charge in [0.25, 0.3) is 9.70 Å². The van der Waals surface area contributed by atoms with Gasteiger partial charge in [-0.2, -0.15) is 0 Å². The first-order valence-corrected chi connectivity index (χ1v) is 7.59. The second-order valence-corrected chi connectivity index (χ2v) is 6.74. The zero-order valence-corrected chi connectivity index (χ0v) is 13.6. The number of rotatable bonds is 4. The average molecular weight is 347 g/mol. The predicted octanol–water partition coefficient (Wildman–Crippen LogP) is 4.94. The molecule has 0 aromatic heterocycles. The van der Waals surface area contributed by atoms with E-state index in [1.807, 2.05) is 31.2 Å². The Morgan fingerprint density at radius 3 is 2.43 bits per heavy atom. The lowest BCUT2D eigenvalue weighted by Gasteiger charge is -2.15. The summed E-state index contributed by atoms with van der Waals surface area (Å²) in [6, 6.07) is 11.1. The number of anilines is 1. The summed E-state index contributed by atoms with van der Waals surface area (Å²) in [6.45, 7) is 2.67. The maximum absolute atomic E-state index is 11.8. The van der Waals surface area contributed by atoms with Crippen LogP contribution < -0.4 is 10.1 Å². The highest BCUT2D eigenvalue weighted by molar-refractivity contribution is 6.76. The van der Waals surface area contributed by atoms with E-state index in [1.165, 1.54) is 0 Å². The molecule has 0 spiro atoms.